The number of hydrogen-bond donors (Lipinski definition) is 0. The molecule has 3 heterocycles. The van der Waals surface area contributed by atoms with Crippen molar-refractivity contribution in [1.82, 2.24) is 9.97 Å². The highest BCUT2D eigenvalue weighted by Crippen LogP contribution is 2.35. The van der Waals surface area contributed by atoms with Gasteiger partial charge >= 0.3 is 0 Å². The van der Waals surface area contributed by atoms with Crippen LogP contribution in [0.5, 0.6) is 0 Å². The van der Waals surface area contributed by atoms with Gasteiger partial charge in [0.2, 0.25) is 0 Å². The zero-order chi connectivity index (χ0) is 14.9. The molecule has 4 nitrogen and oxygen atoms in total. The predicted molar refractivity (Wildman–Crippen MR) is 90.2 cm³/mol. The van der Waals surface area contributed by atoms with Gasteiger partial charge < -0.3 is 9.80 Å². The molecule has 0 radical (unpaired) electrons. The topological polar surface area (TPSA) is 32.3 Å². The lowest BCUT2D eigenvalue weighted by Crippen LogP contribution is -2.35. The molecular formula is C18H26N4. The van der Waals surface area contributed by atoms with E-state index in [-0.39, 0.29) is 0 Å². The summed E-state index contributed by atoms with van der Waals surface area (Å²) in [5.74, 6) is 4.65. The van der Waals surface area contributed by atoms with Crippen LogP contribution < -0.4 is 9.80 Å². The Kier molecular flexibility index (Phi) is 3.77. The second-order valence-electron chi connectivity index (χ2n) is 7.30. The van der Waals surface area contributed by atoms with Crippen LogP contribution in [0.4, 0.5) is 11.6 Å². The minimum absolute atomic E-state index is 0.771. The molecule has 0 N–H and O–H groups in total. The summed E-state index contributed by atoms with van der Waals surface area (Å²) in [5.41, 5.74) is 0. The molecule has 3 unspecified atom stereocenters. The van der Waals surface area contributed by atoms with Crippen LogP contribution in [0, 0.1) is 17.8 Å². The van der Waals surface area contributed by atoms with Crippen LogP contribution in [0.25, 0.3) is 0 Å². The first-order valence-corrected chi connectivity index (χ1v) is 8.76. The first-order chi connectivity index (χ1) is 10.8. The maximum Gasteiger partial charge on any atom is 0.134 e. The lowest BCUT2D eigenvalue weighted by Gasteiger charge is -2.32. The molecule has 1 aliphatic carbocycles. The first-order valence-electron chi connectivity index (χ1n) is 8.76. The minimum Gasteiger partial charge on any atom is -0.356 e. The Morgan fingerprint density at radius 1 is 0.955 bits per heavy atom. The van der Waals surface area contributed by atoms with Gasteiger partial charge in [-0.2, -0.15) is 0 Å². The van der Waals surface area contributed by atoms with Gasteiger partial charge in [-0.05, 0) is 43.4 Å². The van der Waals surface area contributed by atoms with Crippen LogP contribution in [-0.4, -0.2) is 36.1 Å². The number of piperidine rings is 1. The smallest absolute Gasteiger partial charge is 0.134 e. The first kappa shape index (κ1) is 14.0. The average Bonchev–Trinajstić information content (AvgIpc) is 2.99. The Bertz CT molecular complexity index is 540. The zero-order valence-corrected chi connectivity index (χ0v) is 13.5. The summed E-state index contributed by atoms with van der Waals surface area (Å²) in [4.78, 5) is 14.0. The quantitative estimate of drug-likeness (QED) is 0.785. The number of rotatable bonds is 2. The third-order valence-electron chi connectivity index (χ3n) is 5.56. The number of nitrogens with zero attached hydrogens (tertiary/aromatic N) is 4. The fourth-order valence-corrected chi connectivity index (χ4v) is 4.28. The summed E-state index contributed by atoms with van der Waals surface area (Å²) < 4.78 is 0. The van der Waals surface area contributed by atoms with Crippen molar-refractivity contribution in [2.75, 3.05) is 36.0 Å². The summed E-state index contributed by atoms with van der Waals surface area (Å²) in [6.45, 7) is 6.91. The van der Waals surface area contributed by atoms with E-state index in [2.05, 4.69) is 44.9 Å². The molecule has 0 saturated carbocycles. The number of hydrogen-bond acceptors (Lipinski definition) is 4. The largest absolute Gasteiger partial charge is 0.356 e. The van der Waals surface area contributed by atoms with E-state index in [9.17, 15) is 0 Å². The molecule has 0 amide bonds. The number of anilines is 2. The maximum atomic E-state index is 4.56. The van der Waals surface area contributed by atoms with Crippen molar-refractivity contribution in [3.63, 3.8) is 0 Å². The molecule has 3 atom stereocenters. The van der Waals surface area contributed by atoms with Gasteiger partial charge in [-0.1, -0.05) is 19.1 Å². The molecular weight excluding hydrogens is 272 g/mol. The molecule has 22 heavy (non-hydrogen) atoms. The standard InChI is InChI=1S/C18H26N4/c1-14-5-4-8-21(10-14)17-9-18(20-13-19-17)22-11-15-6-2-3-7-16(15)12-22/h2-3,9,13-16H,4-8,10-12H2,1H3. The van der Waals surface area contributed by atoms with Crippen LogP contribution in [0.3, 0.4) is 0 Å². The van der Waals surface area contributed by atoms with Crippen LogP contribution in [0.1, 0.15) is 32.6 Å². The van der Waals surface area contributed by atoms with Crippen molar-refractivity contribution in [2.45, 2.75) is 32.6 Å². The summed E-state index contributed by atoms with van der Waals surface area (Å²) in [6.07, 6.45) is 11.6. The highest BCUT2D eigenvalue weighted by Gasteiger charge is 2.33. The molecule has 2 aliphatic heterocycles. The molecule has 118 valence electrons. The molecule has 4 heteroatoms. The summed E-state index contributed by atoms with van der Waals surface area (Å²) in [6, 6.07) is 2.21. The Labute approximate surface area is 133 Å². The monoisotopic (exact) mass is 298 g/mol. The molecule has 2 saturated heterocycles. The van der Waals surface area contributed by atoms with E-state index in [0.717, 1.165) is 55.6 Å². The fourth-order valence-electron chi connectivity index (χ4n) is 4.28. The molecule has 2 fully saturated rings. The fraction of sp³-hybridized carbons (Fsp3) is 0.667. The van der Waals surface area contributed by atoms with Gasteiger partial charge in [0.25, 0.3) is 0 Å². The van der Waals surface area contributed by atoms with Crippen LogP contribution >= 0.6 is 0 Å². The van der Waals surface area contributed by atoms with E-state index in [4.69, 9.17) is 0 Å². The van der Waals surface area contributed by atoms with E-state index < -0.39 is 0 Å². The summed E-state index contributed by atoms with van der Waals surface area (Å²) in [7, 11) is 0. The van der Waals surface area contributed by atoms with Crippen molar-refractivity contribution >= 4 is 11.6 Å². The molecule has 0 bridgehead atoms. The van der Waals surface area contributed by atoms with E-state index in [1.165, 1.54) is 25.7 Å². The van der Waals surface area contributed by atoms with Gasteiger partial charge in [-0.25, -0.2) is 9.97 Å². The molecule has 0 aromatic carbocycles. The number of aromatic nitrogens is 2. The number of allylic oxidation sites excluding steroid dienone is 2. The Hall–Kier alpha value is -1.58. The Balaban J connectivity index is 1.50. The van der Waals surface area contributed by atoms with E-state index in [1.54, 1.807) is 6.33 Å². The third-order valence-corrected chi connectivity index (χ3v) is 5.56. The van der Waals surface area contributed by atoms with Crippen molar-refractivity contribution in [3.8, 4) is 0 Å². The van der Waals surface area contributed by atoms with Gasteiger partial charge in [-0.3, -0.25) is 0 Å². The molecule has 3 aliphatic rings. The predicted octanol–water partition coefficient (Wildman–Crippen LogP) is 3.12. The van der Waals surface area contributed by atoms with Gasteiger partial charge in [-0.15, -0.1) is 0 Å². The van der Waals surface area contributed by atoms with Crippen LogP contribution in [0.15, 0.2) is 24.5 Å². The van der Waals surface area contributed by atoms with E-state index >= 15 is 0 Å². The molecule has 1 aromatic rings. The normalized spacial score (nSPS) is 31.4. The van der Waals surface area contributed by atoms with Crippen molar-refractivity contribution in [1.29, 1.82) is 0 Å². The van der Waals surface area contributed by atoms with E-state index in [1.807, 2.05) is 0 Å². The van der Waals surface area contributed by atoms with Gasteiger partial charge in [0.05, 0.1) is 0 Å². The van der Waals surface area contributed by atoms with Gasteiger partial charge in [0, 0.05) is 32.2 Å². The van der Waals surface area contributed by atoms with Crippen molar-refractivity contribution < 1.29 is 0 Å². The molecule has 0 spiro atoms. The van der Waals surface area contributed by atoms with Crippen LogP contribution in [0.2, 0.25) is 0 Å². The van der Waals surface area contributed by atoms with E-state index in [0.29, 0.717) is 0 Å². The highest BCUT2D eigenvalue weighted by atomic mass is 15.2. The van der Waals surface area contributed by atoms with Crippen LogP contribution in [-0.2, 0) is 0 Å². The highest BCUT2D eigenvalue weighted by molar-refractivity contribution is 5.51. The maximum absolute atomic E-state index is 4.56. The number of fused-ring (bicyclic) bond motifs is 1. The summed E-state index contributed by atoms with van der Waals surface area (Å²) >= 11 is 0. The lowest BCUT2D eigenvalue weighted by atomic mass is 9.86. The lowest BCUT2D eigenvalue weighted by molar-refractivity contribution is 0.411. The third kappa shape index (κ3) is 2.71. The molecule has 1 aromatic heterocycles. The van der Waals surface area contributed by atoms with Crippen molar-refractivity contribution in [2.24, 2.45) is 17.8 Å². The summed E-state index contributed by atoms with van der Waals surface area (Å²) in [5, 5.41) is 0. The van der Waals surface area contributed by atoms with Gasteiger partial charge in [0.1, 0.15) is 18.0 Å². The van der Waals surface area contributed by atoms with Crippen molar-refractivity contribution in [3.05, 3.63) is 24.5 Å². The zero-order valence-electron chi connectivity index (χ0n) is 13.5. The Morgan fingerprint density at radius 3 is 2.32 bits per heavy atom. The molecule has 4 rings (SSSR count). The Morgan fingerprint density at radius 2 is 1.64 bits per heavy atom. The second kappa shape index (κ2) is 5.90. The second-order valence-corrected chi connectivity index (χ2v) is 7.30. The minimum atomic E-state index is 0.771. The SMILES string of the molecule is CC1CCCN(c2cc(N3CC4CC=CCC4C3)ncn2)C1. The van der Waals surface area contributed by atoms with Gasteiger partial charge in [0.15, 0.2) is 0 Å². The average molecular weight is 298 g/mol.